The van der Waals surface area contributed by atoms with Crippen LogP contribution in [0.1, 0.15) is 6.42 Å². The SMILES string of the molecule is [CH2]CCOc1cc(OC)cc(OC)c1. The molecule has 0 bridgehead atoms. The summed E-state index contributed by atoms with van der Waals surface area (Å²) in [5.74, 6) is 2.19. The smallest absolute Gasteiger partial charge is 0.126 e. The largest absolute Gasteiger partial charge is 0.496 e. The van der Waals surface area contributed by atoms with Crippen molar-refractivity contribution in [2.45, 2.75) is 6.42 Å². The highest BCUT2D eigenvalue weighted by molar-refractivity contribution is 5.41. The summed E-state index contributed by atoms with van der Waals surface area (Å²) in [6.07, 6.45) is 0.736. The Hall–Kier alpha value is -1.38. The third kappa shape index (κ3) is 2.83. The zero-order valence-corrected chi connectivity index (χ0v) is 8.58. The number of hydrogen-bond donors (Lipinski definition) is 0. The van der Waals surface area contributed by atoms with Gasteiger partial charge >= 0.3 is 0 Å². The molecule has 3 heteroatoms. The van der Waals surface area contributed by atoms with Gasteiger partial charge in [-0.1, -0.05) is 0 Å². The van der Waals surface area contributed by atoms with Crippen molar-refractivity contribution in [2.24, 2.45) is 0 Å². The summed E-state index contributed by atoms with van der Waals surface area (Å²) in [7, 11) is 3.22. The van der Waals surface area contributed by atoms with Gasteiger partial charge in [0.05, 0.1) is 20.8 Å². The molecule has 1 aromatic carbocycles. The zero-order chi connectivity index (χ0) is 10.4. The van der Waals surface area contributed by atoms with Crippen molar-refractivity contribution in [3.8, 4) is 17.2 Å². The maximum Gasteiger partial charge on any atom is 0.126 e. The van der Waals surface area contributed by atoms with Gasteiger partial charge in [0, 0.05) is 18.2 Å². The molecule has 3 nitrogen and oxygen atoms in total. The molecule has 1 aromatic rings. The summed E-state index contributed by atoms with van der Waals surface area (Å²) in [5.41, 5.74) is 0. The van der Waals surface area contributed by atoms with E-state index in [1.54, 1.807) is 20.3 Å². The molecule has 0 aliphatic carbocycles. The molecule has 0 saturated heterocycles. The molecule has 0 N–H and O–H groups in total. The van der Waals surface area contributed by atoms with Crippen LogP contribution in [0.3, 0.4) is 0 Å². The van der Waals surface area contributed by atoms with Crippen molar-refractivity contribution in [1.29, 1.82) is 0 Å². The number of ether oxygens (including phenoxy) is 3. The van der Waals surface area contributed by atoms with E-state index in [1.165, 1.54) is 0 Å². The van der Waals surface area contributed by atoms with E-state index in [2.05, 4.69) is 6.92 Å². The Labute approximate surface area is 84.6 Å². The van der Waals surface area contributed by atoms with E-state index >= 15 is 0 Å². The fourth-order valence-electron chi connectivity index (χ4n) is 1.05. The highest BCUT2D eigenvalue weighted by Gasteiger charge is 2.01. The van der Waals surface area contributed by atoms with Crippen molar-refractivity contribution in [2.75, 3.05) is 20.8 Å². The molecule has 0 amide bonds. The third-order valence-corrected chi connectivity index (χ3v) is 1.74. The number of benzene rings is 1. The molecule has 0 aliphatic heterocycles. The van der Waals surface area contributed by atoms with E-state index in [1.807, 2.05) is 12.1 Å². The van der Waals surface area contributed by atoms with Gasteiger partial charge in [0.2, 0.25) is 0 Å². The first kappa shape index (κ1) is 10.7. The molecule has 0 saturated carbocycles. The first-order valence-corrected chi connectivity index (χ1v) is 4.45. The zero-order valence-electron chi connectivity index (χ0n) is 8.58. The number of methoxy groups -OCH3 is 2. The summed E-state index contributed by atoms with van der Waals surface area (Å²) in [4.78, 5) is 0. The lowest BCUT2D eigenvalue weighted by Gasteiger charge is -2.09. The van der Waals surface area contributed by atoms with E-state index in [9.17, 15) is 0 Å². The van der Waals surface area contributed by atoms with E-state index in [0.717, 1.165) is 23.7 Å². The molecule has 0 fully saturated rings. The minimum atomic E-state index is 0.594. The molecule has 0 heterocycles. The third-order valence-electron chi connectivity index (χ3n) is 1.74. The Bertz CT molecular complexity index is 262. The van der Waals surface area contributed by atoms with Crippen LogP contribution >= 0.6 is 0 Å². The Kier molecular flexibility index (Phi) is 4.11. The molecule has 14 heavy (non-hydrogen) atoms. The molecule has 0 aliphatic rings. The fourth-order valence-corrected chi connectivity index (χ4v) is 1.05. The van der Waals surface area contributed by atoms with Crippen LogP contribution < -0.4 is 14.2 Å². The molecule has 77 valence electrons. The quantitative estimate of drug-likeness (QED) is 0.721. The van der Waals surface area contributed by atoms with Crippen LogP contribution in [0.25, 0.3) is 0 Å². The molecule has 0 atom stereocenters. The lowest BCUT2D eigenvalue weighted by molar-refractivity contribution is 0.317. The lowest BCUT2D eigenvalue weighted by Crippen LogP contribution is -1.96. The Morgan fingerprint density at radius 1 is 1.00 bits per heavy atom. The minimum absolute atomic E-state index is 0.594. The second kappa shape index (κ2) is 5.37. The van der Waals surface area contributed by atoms with E-state index in [4.69, 9.17) is 14.2 Å². The van der Waals surface area contributed by atoms with E-state index in [-0.39, 0.29) is 0 Å². The van der Waals surface area contributed by atoms with Gasteiger partial charge in [-0.25, -0.2) is 0 Å². The van der Waals surface area contributed by atoms with E-state index in [0.29, 0.717) is 6.61 Å². The van der Waals surface area contributed by atoms with Gasteiger partial charge in [-0.2, -0.15) is 0 Å². The van der Waals surface area contributed by atoms with Crippen molar-refractivity contribution in [3.63, 3.8) is 0 Å². The Morgan fingerprint density at radius 3 is 1.93 bits per heavy atom. The monoisotopic (exact) mass is 195 g/mol. The summed E-state index contributed by atoms with van der Waals surface area (Å²) >= 11 is 0. The second-order valence-corrected chi connectivity index (χ2v) is 2.75. The maximum absolute atomic E-state index is 5.42. The van der Waals surface area contributed by atoms with Crippen molar-refractivity contribution in [1.82, 2.24) is 0 Å². The van der Waals surface area contributed by atoms with Gasteiger partial charge in [0.15, 0.2) is 0 Å². The Balaban J connectivity index is 2.81. The average Bonchev–Trinajstić information content (AvgIpc) is 2.25. The van der Waals surface area contributed by atoms with Crippen LogP contribution in [0.15, 0.2) is 18.2 Å². The fraction of sp³-hybridized carbons (Fsp3) is 0.364. The van der Waals surface area contributed by atoms with Crippen molar-refractivity contribution < 1.29 is 14.2 Å². The second-order valence-electron chi connectivity index (χ2n) is 2.75. The lowest BCUT2D eigenvalue weighted by atomic mass is 10.3. The summed E-state index contributed by atoms with van der Waals surface area (Å²) < 4.78 is 15.6. The Morgan fingerprint density at radius 2 is 1.50 bits per heavy atom. The van der Waals surface area contributed by atoms with Crippen LogP contribution in [-0.2, 0) is 0 Å². The topological polar surface area (TPSA) is 27.7 Å². The van der Waals surface area contributed by atoms with E-state index < -0.39 is 0 Å². The van der Waals surface area contributed by atoms with Crippen LogP contribution in [0.2, 0.25) is 0 Å². The predicted octanol–water partition coefficient (Wildman–Crippen LogP) is 2.31. The highest BCUT2D eigenvalue weighted by Crippen LogP contribution is 2.27. The standard InChI is InChI=1S/C11H15O3/c1-4-5-14-11-7-9(12-2)6-10(8-11)13-3/h6-8H,1,4-5H2,2-3H3. The molecular weight excluding hydrogens is 180 g/mol. The van der Waals surface area contributed by atoms with Gasteiger partial charge in [0.1, 0.15) is 17.2 Å². The molecule has 0 spiro atoms. The summed E-state index contributed by atoms with van der Waals surface area (Å²) in [6.45, 7) is 4.29. The first-order valence-electron chi connectivity index (χ1n) is 4.45. The number of hydrogen-bond acceptors (Lipinski definition) is 3. The molecule has 1 rings (SSSR count). The molecular formula is C11H15O3. The average molecular weight is 195 g/mol. The molecule has 0 unspecified atom stereocenters. The van der Waals surface area contributed by atoms with Crippen molar-refractivity contribution >= 4 is 0 Å². The van der Waals surface area contributed by atoms with Gasteiger partial charge in [-0.3, -0.25) is 0 Å². The highest BCUT2D eigenvalue weighted by atomic mass is 16.5. The predicted molar refractivity (Wildman–Crippen MR) is 55.0 cm³/mol. The minimum Gasteiger partial charge on any atom is -0.496 e. The normalized spacial score (nSPS) is 9.64. The number of rotatable bonds is 5. The van der Waals surface area contributed by atoms with Crippen LogP contribution in [-0.4, -0.2) is 20.8 Å². The van der Waals surface area contributed by atoms with Gasteiger partial charge in [-0.15, -0.1) is 0 Å². The van der Waals surface area contributed by atoms with Crippen LogP contribution in [0.4, 0.5) is 0 Å². The summed E-state index contributed by atoms with van der Waals surface area (Å²) in [6, 6.07) is 5.44. The van der Waals surface area contributed by atoms with Crippen molar-refractivity contribution in [3.05, 3.63) is 25.1 Å². The molecule has 1 radical (unpaired) electrons. The summed E-state index contributed by atoms with van der Waals surface area (Å²) in [5, 5.41) is 0. The molecule has 0 aromatic heterocycles. The van der Waals surface area contributed by atoms with Gasteiger partial charge in [-0.05, 0) is 13.3 Å². The van der Waals surface area contributed by atoms with Crippen LogP contribution in [0.5, 0.6) is 17.2 Å². The first-order chi connectivity index (χ1) is 6.80. The van der Waals surface area contributed by atoms with Gasteiger partial charge < -0.3 is 14.2 Å². The maximum atomic E-state index is 5.42. The van der Waals surface area contributed by atoms with Gasteiger partial charge in [0.25, 0.3) is 0 Å². The van der Waals surface area contributed by atoms with Crippen LogP contribution in [0, 0.1) is 6.92 Å².